The highest BCUT2D eigenvalue weighted by Crippen LogP contribution is 2.38. The molecule has 1 aliphatic rings. The van der Waals surface area contributed by atoms with Crippen molar-refractivity contribution in [2.75, 3.05) is 13.6 Å². The molecule has 0 bridgehead atoms. The summed E-state index contributed by atoms with van der Waals surface area (Å²) in [5, 5.41) is 3.40. The highest BCUT2D eigenvalue weighted by molar-refractivity contribution is 5.36. The van der Waals surface area contributed by atoms with E-state index >= 15 is 0 Å². The van der Waals surface area contributed by atoms with Gasteiger partial charge < -0.3 is 5.32 Å². The van der Waals surface area contributed by atoms with Gasteiger partial charge in [0.1, 0.15) is 0 Å². The lowest BCUT2D eigenvalue weighted by Crippen LogP contribution is -2.24. The van der Waals surface area contributed by atoms with Crippen molar-refractivity contribution in [3.63, 3.8) is 0 Å². The molecule has 0 radical (unpaired) electrons. The maximum Gasteiger partial charge on any atom is -0.00177 e. The fourth-order valence-corrected chi connectivity index (χ4v) is 3.48. The second kappa shape index (κ2) is 6.38. The number of benzene rings is 1. The Balaban J connectivity index is 2.28. The Kier molecular flexibility index (Phi) is 4.82. The van der Waals surface area contributed by atoms with Crippen molar-refractivity contribution in [1.82, 2.24) is 5.32 Å². The van der Waals surface area contributed by atoms with Crippen molar-refractivity contribution in [3.05, 3.63) is 34.9 Å². The van der Waals surface area contributed by atoms with Crippen molar-refractivity contribution >= 4 is 0 Å². The highest BCUT2D eigenvalue weighted by atomic mass is 14.8. The second-order valence-electron chi connectivity index (χ2n) is 5.85. The largest absolute Gasteiger partial charge is 0.319 e. The summed E-state index contributed by atoms with van der Waals surface area (Å²) in [5.74, 6) is 1.58. The normalized spacial score (nSPS) is 24.8. The summed E-state index contributed by atoms with van der Waals surface area (Å²) >= 11 is 0. The van der Waals surface area contributed by atoms with Crippen LogP contribution in [0.1, 0.15) is 54.7 Å². The average Bonchev–Trinajstić information content (AvgIpc) is 2.59. The zero-order valence-corrected chi connectivity index (χ0v) is 12.1. The lowest BCUT2D eigenvalue weighted by Gasteiger charge is -2.27. The summed E-state index contributed by atoms with van der Waals surface area (Å²) in [4.78, 5) is 0. The van der Waals surface area contributed by atoms with E-state index in [4.69, 9.17) is 0 Å². The monoisotopic (exact) mass is 245 g/mol. The summed E-state index contributed by atoms with van der Waals surface area (Å²) in [7, 11) is 2.09. The van der Waals surface area contributed by atoms with E-state index in [0.29, 0.717) is 0 Å². The average molecular weight is 245 g/mol. The molecule has 0 aromatic heterocycles. The SMILES string of the molecule is CNCC1CCCCCC1c1cccc(C)c1C. The number of hydrogen-bond donors (Lipinski definition) is 1. The van der Waals surface area contributed by atoms with Crippen LogP contribution in [0.5, 0.6) is 0 Å². The fraction of sp³-hybridized carbons (Fsp3) is 0.647. The molecular formula is C17H27N. The maximum atomic E-state index is 3.40. The lowest BCUT2D eigenvalue weighted by atomic mass is 9.80. The van der Waals surface area contributed by atoms with Gasteiger partial charge in [-0.2, -0.15) is 0 Å². The Morgan fingerprint density at radius 2 is 1.89 bits per heavy atom. The summed E-state index contributed by atoms with van der Waals surface area (Å²) in [6.45, 7) is 5.70. The van der Waals surface area contributed by atoms with E-state index in [1.54, 1.807) is 5.56 Å². The van der Waals surface area contributed by atoms with E-state index in [1.165, 1.54) is 43.2 Å². The van der Waals surface area contributed by atoms with Gasteiger partial charge in [0.05, 0.1) is 0 Å². The molecule has 1 aromatic rings. The van der Waals surface area contributed by atoms with Crippen molar-refractivity contribution < 1.29 is 0 Å². The van der Waals surface area contributed by atoms with Crippen LogP contribution in [0, 0.1) is 19.8 Å². The molecule has 1 heteroatoms. The second-order valence-corrected chi connectivity index (χ2v) is 5.85. The first-order valence-corrected chi connectivity index (χ1v) is 7.44. The van der Waals surface area contributed by atoms with Crippen LogP contribution in [0.4, 0.5) is 0 Å². The molecule has 2 rings (SSSR count). The number of hydrogen-bond acceptors (Lipinski definition) is 1. The third-order valence-electron chi connectivity index (χ3n) is 4.67. The lowest BCUT2D eigenvalue weighted by molar-refractivity contribution is 0.385. The van der Waals surface area contributed by atoms with Crippen molar-refractivity contribution in [1.29, 1.82) is 0 Å². The van der Waals surface area contributed by atoms with Gasteiger partial charge >= 0.3 is 0 Å². The van der Waals surface area contributed by atoms with Crippen LogP contribution < -0.4 is 5.32 Å². The standard InChI is InChI=1S/C17H27N/c1-13-8-7-11-16(14(13)2)17-10-6-4-5-9-15(17)12-18-3/h7-8,11,15,17-18H,4-6,9-10,12H2,1-3H3. The van der Waals surface area contributed by atoms with Crippen LogP contribution >= 0.6 is 0 Å². The zero-order chi connectivity index (χ0) is 13.0. The van der Waals surface area contributed by atoms with E-state index < -0.39 is 0 Å². The first kappa shape index (κ1) is 13.6. The Hall–Kier alpha value is -0.820. The molecule has 1 aromatic carbocycles. The first-order chi connectivity index (χ1) is 8.74. The van der Waals surface area contributed by atoms with Gasteiger partial charge in [0.15, 0.2) is 0 Å². The maximum absolute atomic E-state index is 3.40. The molecule has 1 fully saturated rings. The van der Waals surface area contributed by atoms with Crippen LogP contribution in [0.15, 0.2) is 18.2 Å². The summed E-state index contributed by atoms with van der Waals surface area (Å²) in [6.07, 6.45) is 6.99. The molecule has 1 saturated carbocycles. The first-order valence-electron chi connectivity index (χ1n) is 7.44. The van der Waals surface area contributed by atoms with Gasteiger partial charge in [0.25, 0.3) is 0 Å². The molecule has 100 valence electrons. The molecule has 0 amide bonds. The van der Waals surface area contributed by atoms with Crippen LogP contribution in [-0.2, 0) is 0 Å². The number of nitrogens with one attached hydrogen (secondary N) is 1. The smallest absolute Gasteiger partial charge is 0.00177 e. The molecule has 1 aliphatic carbocycles. The van der Waals surface area contributed by atoms with Gasteiger partial charge in [-0.05, 0) is 68.8 Å². The van der Waals surface area contributed by atoms with E-state index in [-0.39, 0.29) is 0 Å². The Bertz CT molecular complexity index is 383. The minimum atomic E-state index is 0.764. The predicted molar refractivity (Wildman–Crippen MR) is 79.2 cm³/mol. The molecular weight excluding hydrogens is 218 g/mol. The Labute approximate surface area is 112 Å². The predicted octanol–water partition coefficient (Wildman–Crippen LogP) is 4.19. The molecule has 0 aliphatic heterocycles. The van der Waals surface area contributed by atoms with E-state index in [9.17, 15) is 0 Å². The van der Waals surface area contributed by atoms with Crippen molar-refractivity contribution in [2.24, 2.45) is 5.92 Å². The Morgan fingerprint density at radius 1 is 1.11 bits per heavy atom. The molecule has 0 spiro atoms. The highest BCUT2D eigenvalue weighted by Gasteiger charge is 2.25. The van der Waals surface area contributed by atoms with Crippen molar-refractivity contribution in [2.45, 2.75) is 51.9 Å². The molecule has 1 nitrogen and oxygen atoms in total. The number of rotatable bonds is 3. The van der Waals surface area contributed by atoms with Crippen LogP contribution in [0.25, 0.3) is 0 Å². The van der Waals surface area contributed by atoms with E-state index in [1.807, 2.05) is 0 Å². The van der Waals surface area contributed by atoms with Crippen LogP contribution in [0.3, 0.4) is 0 Å². The number of aryl methyl sites for hydroxylation is 1. The molecule has 18 heavy (non-hydrogen) atoms. The van der Waals surface area contributed by atoms with Crippen molar-refractivity contribution in [3.8, 4) is 0 Å². The van der Waals surface area contributed by atoms with Gasteiger partial charge in [-0.25, -0.2) is 0 Å². The van der Waals surface area contributed by atoms with Crippen LogP contribution in [0.2, 0.25) is 0 Å². The quantitative estimate of drug-likeness (QED) is 0.787. The third-order valence-corrected chi connectivity index (χ3v) is 4.67. The minimum Gasteiger partial charge on any atom is -0.319 e. The van der Waals surface area contributed by atoms with E-state index in [0.717, 1.165) is 18.4 Å². The summed E-state index contributed by atoms with van der Waals surface area (Å²) in [5.41, 5.74) is 4.57. The van der Waals surface area contributed by atoms with E-state index in [2.05, 4.69) is 44.4 Å². The summed E-state index contributed by atoms with van der Waals surface area (Å²) in [6, 6.07) is 6.84. The topological polar surface area (TPSA) is 12.0 Å². The summed E-state index contributed by atoms with van der Waals surface area (Å²) < 4.78 is 0. The van der Waals surface area contributed by atoms with Crippen LogP contribution in [-0.4, -0.2) is 13.6 Å². The van der Waals surface area contributed by atoms with Gasteiger partial charge in [-0.3, -0.25) is 0 Å². The minimum absolute atomic E-state index is 0.764. The Morgan fingerprint density at radius 3 is 2.67 bits per heavy atom. The molecule has 0 heterocycles. The van der Waals surface area contributed by atoms with Gasteiger partial charge in [0.2, 0.25) is 0 Å². The van der Waals surface area contributed by atoms with Gasteiger partial charge in [-0.1, -0.05) is 37.5 Å². The molecule has 0 saturated heterocycles. The molecule has 1 N–H and O–H groups in total. The molecule has 2 unspecified atom stereocenters. The molecule has 2 atom stereocenters. The third kappa shape index (κ3) is 2.95. The fourth-order valence-electron chi connectivity index (χ4n) is 3.48. The zero-order valence-electron chi connectivity index (χ0n) is 12.1. The van der Waals surface area contributed by atoms with Gasteiger partial charge in [0, 0.05) is 0 Å². The van der Waals surface area contributed by atoms with Gasteiger partial charge in [-0.15, -0.1) is 0 Å².